The molecule has 0 aliphatic carbocycles. The molecule has 0 radical (unpaired) electrons. The van der Waals surface area contributed by atoms with E-state index in [0.29, 0.717) is 18.0 Å². The molecule has 0 bridgehead atoms. The lowest BCUT2D eigenvalue weighted by molar-refractivity contribution is -0.132. The predicted octanol–water partition coefficient (Wildman–Crippen LogP) is 2.21. The van der Waals surface area contributed by atoms with Gasteiger partial charge in [0.2, 0.25) is 11.8 Å². The summed E-state index contributed by atoms with van der Waals surface area (Å²) in [6.45, 7) is 7.47. The van der Waals surface area contributed by atoms with Crippen molar-refractivity contribution < 1.29 is 14.3 Å². The first-order chi connectivity index (χ1) is 12.1. The molecular formula is C19H29N3O3. The summed E-state index contributed by atoms with van der Waals surface area (Å²) in [4.78, 5) is 28.7. The fourth-order valence-corrected chi connectivity index (χ4v) is 3.20. The van der Waals surface area contributed by atoms with Gasteiger partial charge in [-0.1, -0.05) is 12.1 Å². The summed E-state index contributed by atoms with van der Waals surface area (Å²) in [5.41, 5.74) is 0.703. The summed E-state index contributed by atoms with van der Waals surface area (Å²) in [5.74, 6) is 0.837. The van der Waals surface area contributed by atoms with E-state index >= 15 is 0 Å². The first-order valence-electron chi connectivity index (χ1n) is 9.03. The van der Waals surface area contributed by atoms with Gasteiger partial charge in [-0.05, 0) is 51.9 Å². The number of piperidine rings is 1. The van der Waals surface area contributed by atoms with Gasteiger partial charge in [0.15, 0.2) is 0 Å². The van der Waals surface area contributed by atoms with Gasteiger partial charge in [0.05, 0.1) is 19.3 Å². The van der Waals surface area contributed by atoms with E-state index in [1.807, 2.05) is 43.0 Å². The smallest absolute Gasteiger partial charge is 0.236 e. The van der Waals surface area contributed by atoms with E-state index in [1.54, 1.807) is 7.11 Å². The number of rotatable bonds is 7. The molecule has 2 amide bonds. The average molecular weight is 347 g/mol. The lowest BCUT2D eigenvalue weighted by Crippen LogP contribution is -2.44. The lowest BCUT2D eigenvalue weighted by atomic mass is 9.95. The maximum absolute atomic E-state index is 12.5. The fraction of sp³-hybridized carbons (Fsp3) is 0.579. The molecule has 6 nitrogen and oxygen atoms in total. The Morgan fingerprint density at radius 2 is 1.84 bits per heavy atom. The van der Waals surface area contributed by atoms with Crippen molar-refractivity contribution in [2.45, 2.75) is 26.7 Å². The molecule has 1 aromatic carbocycles. The molecule has 6 heteroatoms. The molecule has 1 N–H and O–H groups in total. The van der Waals surface area contributed by atoms with Crippen LogP contribution < -0.4 is 10.1 Å². The highest BCUT2D eigenvalue weighted by Gasteiger charge is 2.27. The topological polar surface area (TPSA) is 61.9 Å². The molecule has 0 unspecified atom stereocenters. The highest BCUT2D eigenvalue weighted by molar-refractivity contribution is 5.94. The summed E-state index contributed by atoms with van der Waals surface area (Å²) in [5, 5.41) is 2.97. The Morgan fingerprint density at radius 3 is 2.44 bits per heavy atom. The van der Waals surface area contributed by atoms with E-state index in [2.05, 4.69) is 10.2 Å². The van der Waals surface area contributed by atoms with Crippen LogP contribution in [0, 0.1) is 5.92 Å². The van der Waals surface area contributed by atoms with E-state index in [-0.39, 0.29) is 17.7 Å². The Kier molecular flexibility index (Phi) is 7.25. The van der Waals surface area contributed by atoms with Crippen molar-refractivity contribution in [1.82, 2.24) is 9.80 Å². The second-order valence-corrected chi connectivity index (χ2v) is 6.31. The van der Waals surface area contributed by atoms with Crippen LogP contribution >= 0.6 is 0 Å². The van der Waals surface area contributed by atoms with Crippen LogP contribution in [0.25, 0.3) is 0 Å². The SMILES string of the molecule is CCN(CC)C(=O)CN1CCC(C(=O)Nc2ccccc2OC)CC1. The molecule has 1 saturated heterocycles. The highest BCUT2D eigenvalue weighted by Crippen LogP contribution is 2.25. The average Bonchev–Trinajstić information content (AvgIpc) is 2.63. The number of anilines is 1. The number of ether oxygens (including phenoxy) is 1. The molecule has 1 fully saturated rings. The molecule has 25 heavy (non-hydrogen) atoms. The Bertz CT molecular complexity index is 579. The van der Waals surface area contributed by atoms with Crippen LogP contribution in [0.2, 0.25) is 0 Å². The van der Waals surface area contributed by atoms with Gasteiger partial charge in [-0.25, -0.2) is 0 Å². The second kappa shape index (κ2) is 9.42. The largest absolute Gasteiger partial charge is 0.495 e. The van der Waals surface area contributed by atoms with Crippen molar-refractivity contribution in [2.75, 3.05) is 45.2 Å². The van der Waals surface area contributed by atoms with Crippen molar-refractivity contribution in [2.24, 2.45) is 5.92 Å². The number of amides is 2. The number of carbonyl (C=O) groups is 2. The highest BCUT2D eigenvalue weighted by atomic mass is 16.5. The molecule has 1 aliphatic rings. The van der Waals surface area contributed by atoms with Crippen LogP contribution in [0.5, 0.6) is 5.75 Å². The summed E-state index contributed by atoms with van der Waals surface area (Å²) < 4.78 is 5.27. The van der Waals surface area contributed by atoms with Crippen molar-refractivity contribution in [3.63, 3.8) is 0 Å². The zero-order chi connectivity index (χ0) is 18.2. The van der Waals surface area contributed by atoms with Crippen molar-refractivity contribution in [1.29, 1.82) is 0 Å². The van der Waals surface area contributed by atoms with E-state index in [0.717, 1.165) is 39.0 Å². The third-order valence-electron chi connectivity index (χ3n) is 4.80. The molecule has 138 valence electrons. The molecule has 0 spiro atoms. The first kappa shape index (κ1) is 19.2. The quantitative estimate of drug-likeness (QED) is 0.821. The minimum absolute atomic E-state index is 0.0234. The summed E-state index contributed by atoms with van der Waals surface area (Å²) in [7, 11) is 1.59. The van der Waals surface area contributed by atoms with Gasteiger partial charge in [-0.15, -0.1) is 0 Å². The van der Waals surface area contributed by atoms with Crippen LogP contribution in [0.15, 0.2) is 24.3 Å². The Balaban J connectivity index is 1.83. The molecule has 2 rings (SSSR count). The minimum Gasteiger partial charge on any atom is -0.495 e. The van der Waals surface area contributed by atoms with E-state index in [4.69, 9.17) is 4.74 Å². The molecule has 1 heterocycles. The number of para-hydroxylation sites is 2. The van der Waals surface area contributed by atoms with Gasteiger partial charge in [-0.2, -0.15) is 0 Å². The van der Waals surface area contributed by atoms with Crippen molar-refractivity contribution >= 4 is 17.5 Å². The van der Waals surface area contributed by atoms with Gasteiger partial charge in [0.25, 0.3) is 0 Å². The second-order valence-electron chi connectivity index (χ2n) is 6.31. The number of nitrogens with one attached hydrogen (secondary N) is 1. The van der Waals surface area contributed by atoms with Gasteiger partial charge in [0.1, 0.15) is 5.75 Å². The van der Waals surface area contributed by atoms with Crippen molar-refractivity contribution in [3.8, 4) is 5.75 Å². The van der Waals surface area contributed by atoms with E-state index in [9.17, 15) is 9.59 Å². The number of methoxy groups -OCH3 is 1. The third kappa shape index (κ3) is 5.19. The lowest BCUT2D eigenvalue weighted by Gasteiger charge is -2.32. The maximum atomic E-state index is 12.5. The fourth-order valence-electron chi connectivity index (χ4n) is 3.20. The molecule has 1 aliphatic heterocycles. The van der Waals surface area contributed by atoms with Crippen LogP contribution in [-0.2, 0) is 9.59 Å². The summed E-state index contributed by atoms with van der Waals surface area (Å²) in [6.07, 6.45) is 1.54. The maximum Gasteiger partial charge on any atom is 0.236 e. The molecule has 0 atom stereocenters. The van der Waals surface area contributed by atoms with Crippen LogP contribution in [0.1, 0.15) is 26.7 Å². The van der Waals surface area contributed by atoms with E-state index < -0.39 is 0 Å². The Labute approximate surface area is 150 Å². The number of likely N-dealkylation sites (N-methyl/N-ethyl adjacent to an activating group) is 1. The molecule has 0 aromatic heterocycles. The van der Waals surface area contributed by atoms with Crippen LogP contribution in [0.3, 0.4) is 0 Å². The number of nitrogens with zero attached hydrogens (tertiary/aromatic N) is 2. The van der Waals surface area contributed by atoms with Gasteiger partial charge in [0, 0.05) is 19.0 Å². The standard InChI is InChI=1S/C19H29N3O3/c1-4-22(5-2)18(23)14-21-12-10-15(11-13-21)19(24)20-16-8-6-7-9-17(16)25-3/h6-9,15H,4-5,10-14H2,1-3H3,(H,20,24). The third-order valence-corrected chi connectivity index (χ3v) is 4.80. The van der Waals surface area contributed by atoms with Crippen LogP contribution in [0.4, 0.5) is 5.69 Å². The van der Waals surface area contributed by atoms with Gasteiger partial charge in [-0.3, -0.25) is 14.5 Å². The Hall–Kier alpha value is -2.08. The van der Waals surface area contributed by atoms with E-state index in [1.165, 1.54) is 0 Å². The number of benzene rings is 1. The van der Waals surface area contributed by atoms with Crippen molar-refractivity contribution in [3.05, 3.63) is 24.3 Å². The van der Waals surface area contributed by atoms with Crippen LogP contribution in [-0.4, -0.2) is 61.4 Å². The summed E-state index contributed by atoms with van der Waals surface area (Å²) >= 11 is 0. The van der Waals surface area contributed by atoms with Gasteiger partial charge >= 0.3 is 0 Å². The molecule has 1 aromatic rings. The normalized spacial score (nSPS) is 15.6. The minimum atomic E-state index is -0.0234. The number of hydrogen-bond donors (Lipinski definition) is 1. The molecular weight excluding hydrogens is 318 g/mol. The number of likely N-dealkylation sites (tertiary alicyclic amines) is 1. The monoisotopic (exact) mass is 347 g/mol. The zero-order valence-electron chi connectivity index (χ0n) is 15.5. The number of carbonyl (C=O) groups excluding carboxylic acids is 2. The summed E-state index contributed by atoms with van der Waals surface area (Å²) in [6, 6.07) is 7.42. The zero-order valence-corrected chi connectivity index (χ0v) is 15.5. The van der Waals surface area contributed by atoms with Gasteiger partial charge < -0.3 is 15.0 Å². The molecule has 0 saturated carbocycles. The predicted molar refractivity (Wildman–Crippen MR) is 98.7 cm³/mol. The first-order valence-corrected chi connectivity index (χ1v) is 9.03. The Morgan fingerprint density at radius 1 is 1.20 bits per heavy atom. The number of hydrogen-bond acceptors (Lipinski definition) is 4.